The predicted molar refractivity (Wildman–Crippen MR) is 48.1 cm³/mol. The van der Waals surface area contributed by atoms with Gasteiger partial charge in [0, 0.05) is 31.7 Å². The van der Waals surface area contributed by atoms with Crippen molar-refractivity contribution in [1.29, 1.82) is 0 Å². The van der Waals surface area contributed by atoms with Crippen LogP contribution in [0.15, 0.2) is 0 Å². The third-order valence-electron chi connectivity index (χ3n) is 2.81. The maximum atomic E-state index is 9.24. The van der Waals surface area contributed by atoms with E-state index in [-0.39, 0.29) is 6.10 Å². The Kier molecular flexibility index (Phi) is 2.35. The van der Waals surface area contributed by atoms with E-state index in [0.717, 1.165) is 19.6 Å². The first-order chi connectivity index (χ1) is 5.74. The number of rotatable bonds is 2. The SMILES string of the molecule is CC(O)CN1C[C@H]2CC[C@@H](C1)N2. The lowest BCUT2D eigenvalue weighted by Gasteiger charge is -2.33. The molecule has 0 aromatic heterocycles. The highest BCUT2D eigenvalue weighted by Gasteiger charge is 2.31. The van der Waals surface area contributed by atoms with Gasteiger partial charge in [0.15, 0.2) is 0 Å². The van der Waals surface area contributed by atoms with Crippen molar-refractivity contribution < 1.29 is 5.11 Å². The molecule has 1 unspecified atom stereocenters. The number of aliphatic hydroxyl groups excluding tert-OH is 1. The second-order valence-corrected chi connectivity index (χ2v) is 4.21. The van der Waals surface area contributed by atoms with Crippen LogP contribution in [0.2, 0.25) is 0 Å². The van der Waals surface area contributed by atoms with Crippen molar-refractivity contribution in [3.05, 3.63) is 0 Å². The van der Waals surface area contributed by atoms with E-state index in [9.17, 15) is 5.11 Å². The largest absolute Gasteiger partial charge is 0.392 e. The van der Waals surface area contributed by atoms with Crippen molar-refractivity contribution in [2.24, 2.45) is 0 Å². The van der Waals surface area contributed by atoms with Crippen LogP contribution < -0.4 is 5.32 Å². The highest BCUT2D eigenvalue weighted by Crippen LogP contribution is 2.19. The standard InChI is InChI=1S/C9H18N2O/c1-7(12)4-11-5-8-2-3-9(6-11)10-8/h7-10,12H,2-6H2,1H3/t7?,8-,9+. The van der Waals surface area contributed by atoms with Crippen LogP contribution in [-0.2, 0) is 0 Å². The maximum absolute atomic E-state index is 9.24. The van der Waals surface area contributed by atoms with Crippen molar-refractivity contribution in [2.75, 3.05) is 19.6 Å². The lowest BCUT2D eigenvalue weighted by atomic mass is 10.2. The van der Waals surface area contributed by atoms with Gasteiger partial charge >= 0.3 is 0 Å². The van der Waals surface area contributed by atoms with E-state index >= 15 is 0 Å². The first-order valence-corrected chi connectivity index (χ1v) is 4.90. The molecule has 12 heavy (non-hydrogen) atoms. The van der Waals surface area contributed by atoms with Crippen LogP contribution in [0.1, 0.15) is 19.8 Å². The van der Waals surface area contributed by atoms with Crippen molar-refractivity contribution >= 4 is 0 Å². The third kappa shape index (κ3) is 1.79. The molecule has 2 bridgehead atoms. The molecule has 0 radical (unpaired) electrons. The minimum absolute atomic E-state index is 0.178. The molecule has 0 saturated carbocycles. The topological polar surface area (TPSA) is 35.5 Å². The molecule has 70 valence electrons. The zero-order chi connectivity index (χ0) is 8.55. The molecular formula is C9H18N2O. The highest BCUT2D eigenvalue weighted by atomic mass is 16.3. The number of likely N-dealkylation sites (tertiary alicyclic amines) is 1. The number of piperazine rings is 1. The molecule has 3 nitrogen and oxygen atoms in total. The van der Waals surface area contributed by atoms with Gasteiger partial charge in [0.1, 0.15) is 0 Å². The fourth-order valence-electron chi connectivity index (χ4n) is 2.41. The van der Waals surface area contributed by atoms with E-state index in [1.807, 2.05) is 6.92 Å². The van der Waals surface area contributed by atoms with Gasteiger partial charge < -0.3 is 10.4 Å². The molecule has 2 aliphatic rings. The number of β-amino-alcohol motifs (C(OH)–C–C–N with tert-alkyl or cyclic N) is 1. The molecule has 0 spiro atoms. The van der Waals surface area contributed by atoms with Gasteiger partial charge in [0.05, 0.1) is 6.10 Å². The number of hydrogen-bond acceptors (Lipinski definition) is 3. The summed E-state index contributed by atoms with van der Waals surface area (Å²) in [6.07, 6.45) is 2.46. The minimum Gasteiger partial charge on any atom is -0.392 e. The lowest BCUT2D eigenvalue weighted by Crippen LogP contribution is -2.52. The van der Waals surface area contributed by atoms with E-state index in [1.165, 1.54) is 12.8 Å². The predicted octanol–water partition coefficient (Wildman–Crippen LogP) is -0.197. The van der Waals surface area contributed by atoms with Crippen LogP contribution in [-0.4, -0.2) is 47.8 Å². The fourth-order valence-corrected chi connectivity index (χ4v) is 2.41. The van der Waals surface area contributed by atoms with Crippen LogP contribution in [0.3, 0.4) is 0 Å². The van der Waals surface area contributed by atoms with Gasteiger partial charge in [-0.15, -0.1) is 0 Å². The lowest BCUT2D eigenvalue weighted by molar-refractivity contribution is 0.104. The molecule has 3 heteroatoms. The van der Waals surface area contributed by atoms with Crippen LogP contribution in [0.4, 0.5) is 0 Å². The van der Waals surface area contributed by atoms with Gasteiger partial charge in [-0.25, -0.2) is 0 Å². The first-order valence-electron chi connectivity index (χ1n) is 4.90. The van der Waals surface area contributed by atoms with E-state index < -0.39 is 0 Å². The van der Waals surface area contributed by atoms with E-state index in [4.69, 9.17) is 0 Å². The van der Waals surface area contributed by atoms with Gasteiger partial charge in [-0.1, -0.05) is 0 Å². The van der Waals surface area contributed by atoms with Crippen LogP contribution >= 0.6 is 0 Å². The molecule has 2 rings (SSSR count). The molecule has 2 fully saturated rings. The summed E-state index contributed by atoms with van der Waals surface area (Å²) in [5.74, 6) is 0. The Balaban J connectivity index is 1.85. The summed E-state index contributed by atoms with van der Waals surface area (Å²) in [4.78, 5) is 2.38. The monoisotopic (exact) mass is 170 g/mol. The average molecular weight is 170 g/mol. The Morgan fingerprint density at radius 3 is 2.50 bits per heavy atom. The molecule has 3 atom stereocenters. The number of fused-ring (bicyclic) bond motifs is 2. The Morgan fingerprint density at radius 1 is 1.42 bits per heavy atom. The number of nitrogens with zero attached hydrogens (tertiary/aromatic N) is 1. The zero-order valence-corrected chi connectivity index (χ0v) is 7.66. The summed E-state index contributed by atoms with van der Waals surface area (Å²) >= 11 is 0. The number of aliphatic hydroxyl groups is 1. The highest BCUT2D eigenvalue weighted by molar-refractivity contribution is 4.92. The molecule has 2 heterocycles. The number of nitrogens with one attached hydrogen (secondary N) is 1. The van der Waals surface area contributed by atoms with Crippen LogP contribution in [0.5, 0.6) is 0 Å². The third-order valence-corrected chi connectivity index (χ3v) is 2.81. The molecule has 0 aromatic rings. The molecule has 2 saturated heterocycles. The minimum atomic E-state index is -0.178. The molecule has 2 N–H and O–H groups in total. The van der Waals surface area contributed by atoms with Crippen LogP contribution in [0, 0.1) is 0 Å². The summed E-state index contributed by atoms with van der Waals surface area (Å²) in [7, 11) is 0. The fraction of sp³-hybridized carbons (Fsp3) is 1.00. The Labute approximate surface area is 73.8 Å². The smallest absolute Gasteiger partial charge is 0.0639 e. The van der Waals surface area contributed by atoms with E-state index in [1.54, 1.807) is 0 Å². The molecule has 0 amide bonds. The summed E-state index contributed by atoms with van der Waals surface area (Å²) in [6, 6.07) is 1.39. The van der Waals surface area contributed by atoms with Gasteiger partial charge in [0.2, 0.25) is 0 Å². The zero-order valence-electron chi connectivity index (χ0n) is 7.66. The molecular weight excluding hydrogens is 152 g/mol. The normalized spacial score (nSPS) is 38.5. The van der Waals surface area contributed by atoms with E-state index in [2.05, 4.69) is 10.2 Å². The van der Waals surface area contributed by atoms with Crippen molar-refractivity contribution in [3.63, 3.8) is 0 Å². The van der Waals surface area contributed by atoms with Gasteiger partial charge in [0.25, 0.3) is 0 Å². The molecule has 0 aliphatic carbocycles. The summed E-state index contributed by atoms with van der Waals surface area (Å²) in [5, 5.41) is 12.8. The summed E-state index contributed by atoms with van der Waals surface area (Å²) < 4.78 is 0. The Bertz CT molecular complexity index is 149. The van der Waals surface area contributed by atoms with Gasteiger partial charge in [-0.2, -0.15) is 0 Å². The molecule has 0 aromatic carbocycles. The van der Waals surface area contributed by atoms with Gasteiger partial charge in [-0.05, 0) is 19.8 Å². The van der Waals surface area contributed by atoms with Crippen molar-refractivity contribution in [1.82, 2.24) is 10.2 Å². The molecule has 2 aliphatic heterocycles. The van der Waals surface area contributed by atoms with Crippen molar-refractivity contribution in [2.45, 2.75) is 38.0 Å². The van der Waals surface area contributed by atoms with Crippen LogP contribution in [0.25, 0.3) is 0 Å². The summed E-state index contributed by atoms with van der Waals surface area (Å²) in [6.45, 7) is 4.96. The quantitative estimate of drug-likeness (QED) is 0.602. The second kappa shape index (κ2) is 3.32. The maximum Gasteiger partial charge on any atom is 0.0639 e. The Morgan fingerprint density at radius 2 is 2.00 bits per heavy atom. The van der Waals surface area contributed by atoms with Gasteiger partial charge in [-0.3, -0.25) is 4.90 Å². The van der Waals surface area contributed by atoms with Crippen molar-refractivity contribution in [3.8, 4) is 0 Å². The second-order valence-electron chi connectivity index (χ2n) is 4.21. The average Bonchev–Trinajstić information content (AvgIpc) is 2.29. The Hall–Kier alpha value is -0.120. The number of hydrogen-bond donors (Lipinski definition) is 2. The first kappa shape index (κ1) is 8.48. The summed E-state index contributed by atoms with van der Waals surface area (Å²) in [5.41, 5.74) is 0. The van der Waals surface area contributed by atoms with E-state index in [0.29, 0.717) is 12.1 Å².